The number of para-hydroxylation sites is 1. The Morgan fingerprint density at radius 1 is 0.972 bits per heavy atom. The normalized spacial score (nSPS) is 12.0. The minimum absolute atomic E-state index is 0.101. The van der Waals surface area contributed by atoms with Crippen molar-refractivity contribution in [3.63, 3.8) is 0 Å². The highest BCUT2D eigenvalue weighted by Crippen LogP contribution is 2.24. The summed E-state index contributed by atoms with van der Waals surface area (Å²) < 4.78 is 42.4. The van der Waals surface area contributed by atoms with Crippen LogP contribution in [0.1, 0.15) is 19.4 Å². The van der Waals surface area contributed by atoms with E-state index in [0.717, 1.165) is 38.6 Å². The molecule has 0 aliphatic carbocycles. The van der Waals surface area contributed by atoms with Crippen LogP contribution in [0, 0.1) is 5.82 Å². The number of carbonyl (C=O) groups is 2. The number of benzene rings is 3. The van der Waals surface area contributed by atoms with Crippen molar-refractivity contribution in [3.05, 3.63) is 94.7 Å². The zero-order chi connectivity index (χ0) is 26.3. The van der Waals surface area contributed by atoms with Crippen molar-refractivity contribution in [2.24, 2.45) is 0 Å². The van der Waals surface area contributed by atoms with Crippen LogP contribution in [-0.2, 0) is 26.2 Å². The third-order valence-corrected chi connectivity index (χ3v) is 7.83. The molecule has 3 aromatic rings. The molecule has 3 aromatic carbocycles. The summed E-state index contributed by atoms with van der Waals surface area (Å²) in [5.41, 5.74) is 1.04. The van der Waals surface area contributed by atoms with Crippen molar-refractivity contribution in [2.45, 2.75) is 31.3 Å². The van der Waals surface area contributed by atoms with E-state index in [1.54, 1.807) is 44.2 Å². The van der Waals surface area contributed by atoms with Crippen LogP contribution in [0.4, 0.5) is 10.1 Å². The molecule has 0 spiro atoms. The van der Waals surface area contributed by atoms with E-state index in [4.69, 9.17) is 0 Å². The van der Waals surface area contributed by atoms with Gasteiger partial charge < -0.3 is 10.2 Å². The van der Waals surface area contributed by atoms with Gasteiger partial charge in [-0.15, -0.1) is 0 Å². The van der Waals surface area contributed by atoms with Crippen molar-refractivity contribution in [3.8, 4) is 0 Å². The highest BCUT2D eigenvalue weighted by molar-refractivity contribution is 9.10. The van der Waals surface area contributed by atoms with Crippen LogP contribution in [-0.4, -0.2) is 44.3 Å². The number of carbonyl (C=O) groups excluding carboxylic acids is 2. The van der Waals surface area contributed by atoms with Gasteiger partial charge in [-0.3, -0.25) is 13.9 Å². The second-order valence-corrected chi connectivity index (χ2v) is 10.8. The predicted octanol–water partition coefficient (Wildman–Crippen LogP) is 4.34. The van der Waals surface area contributed by atoms with Gasteiger partial charge in [0.2, 0.25) is 11.8 Å². The van der Waals surface area contributed by atoms with Crippen LogP contribution >= 0.6 is 15.9 Å². The molecule has 36 heavy (non-hydrogen) atoms. The van der Waals surface area contributed by atoms with Crippen LogP contribution < -0.4 is 9.62 Å². The summed E-state index contributed by atoms with van der Waals surface area (Å²) in [6, 6.07) is 19.0. The highest BCUT2D eigenvalue weighted by atomic mass is 79.9. The summed E-state index contributed by atoms with van der Waals surface area (Å²) in [4.78, 5) is 27.5. The summed E-state index contributed by atoms with van der Waals surface area (Å²) in [5, 5.41) is 2.71. The van der Waals surface area contributed by atoms with Gasteiger partial charge in [0.25, 0.3) is 10.0 Å². The Morgan fingerprint density at radius 3 is 2.17 bits per heavy atom. The van der Waals surface area contributed by atoms with Crippen molar-refractivity contribution < 1.29 is 22.4 Å². The second kappa shape index (κ2) is 12.1. The topological polar surface area (TPSA) is 86.8 Å². The van der Waals surface area contributed by atoms with E-state index in [1.807, 2.05) is 24.3 Å². The van der Waals surface area contributed by atoms with E-state index in [-0.39, 0.29) is 23.0 Å². The minimum Gasteiger partial charge on any atom is -0.355 e. The van der Waals surface area contributed by atoms with Gasteiger partial charge in [-0.25, -0.2) is 12.8 Å². The van der Waals surface area contributed by atoms with Gasteiger partial charge >= 0.3 is 0 Å². The Bertz CT molecular complexity index is 1290. The molecule has 3 rings (SSSR count). The maximum atomic E-state index is 13.7. The van der Waals surface area contributed by atoms with Gasteiger partial charge in [0.1, 0.15) is 18.4 Å². The van der Waals surface area contributed by atoms with Crippen molar-refractivity contribution in [1.29, 1.82) is 0 Å². The maximum absolute atomic E-state index is 13.7. The Balaban J connectivity index is 1.99. The molecule has 0 fully saturated rings. The number of amides is 2. The molecule has 0 heterocycles. The number of sulfonamides is 1. The first-order valence-corrected chi connectivity index (χ1v) is 13.5. The van der Waals surface area contributed by atoms with Crippen LogP contribution in [0.15, 0.2) is 88.2 Å². The number of halogens is 2. The summed E-state index contributed by atoms with van der Waals surface area (Å²) in [5.74, 6) is -1.49. The lowest BCUT2D eigenvalue weighted by molar-refractivity contribution is -0.139. The molecule has 0 saturated carbocycles. The maximum Gasteiger partial charge on any atom is 0.264 e. The van der Waals surface area contributed by atoms with E-state index in [9.17, 15) is 22.4 Å². The minimum atomic E-state index is -4.22. The molecule has 2 amide bonds. The molecule has 0 radical (unpaired) electrons. The Morgan fingerprint density at radius 2 is 1.58 bits per heavy atom. The Labute approximate surface area is 219 Å². The average molecular weight is 576 g/mol. The SMILES string of the molecule is CCNC(=O)[C@@H](C)N(Cc1ccc(Br)cc1)C(=O)CN(c1ccccc1)S(=O)(=O)c1ccc(F)cc1. The van der Waals surface area contributed by atoms with E-state index in [0.29, 0.717) is 6.54 Å². The van der Waals surface area contributed by atoms with E-state index in [2.05, 4.69) is 21.2 Å². The van der Waals surface area contributed by atoms with Crippen molar-refractivity contribution in [2.75, 3.05) is 17.4 Å². The summed E-state index contributed by atoms with van der Waals surface area (Å²) >= 11 is 3.38. The molecule has 0 bridgehead atoms. The van der Waals surface area contributed by atoms with Gasteiger partial charge in [-0.05, 0) is 67.9 Å². The van der Waals surface area contributed by atoms with E-state index < -0.39 is 34.3 Å². The molecule has 0 unspecified atom stereocenters. The molecular formula is C26H27BrFN3O4S. The van der Waals surface area contributed by atoms with Gasteiger partial charge in [-0.1, -0.05) is 46.3 Å². The standard InChI is InChI=1S/C26H27BrFN3O4S/c1-3-29-26(33)19(2)30(17-20-9-11-21(27)12-10-20)25(32)18-31(23-7-5-4-6-8-23)36(34,35)24-15-13-22(28)14-16-24/h4-16,19H,3,17-18H2,1-2H3,(H,29,33)/t19-/m1/s1. The zero-order valence-corrected chi connectivity index (χ0v) is 22.3. The van der Waals surface area contributed by atoms with Gasteiger partial charge in [0.05, 0.1) is 10.6 Å². The molecule has 10 heteroatoms. The quantitative estimate of drug-likeness (QED) is 0.389. The fourth-order valence-electron chi connectivity index (χ4n) is 3.55. The lowest BCUT2D eigenvalue weighted by Gasteiger charge is -2.32. The third-order valence-electron chi connectivity index (χ3n) is 5.51. The smallest absolute Gasteiger partial charge is 0.264 e. The zero-order valence-electron chi connectivity index (χ0n) is 19.9. The average Bonchev–Trinajstić information content (AvgIpc) is 2.87. The molecule has 0 aromatic heterocycles. The van der Waals surface area contributed by atoms with Gasteiger partial charge in [-0.2, -0.15) is 0 Å². The first-order valence-electron chi connectivity index (χ1n) is 11.3. The first kappa shape index (κ1) is 27.3. The lowest BCUT2D eigenvalue weighted by atomic mass is 10.1. The fraction of sp³-hybridized carbons (Fsp3) is 0.231. The molecule has 1 N–H and O–H groups in total. The van der Waals surface area contributed by atoms with Crippen LogP contribution in [0.3, 0.4) is 0 Å². The lowest BCUT2D eigenvalue weighted by Crippen LogP contribution is -2.51. The largest absolute Gasteiger partial charge is 0.355 e. The molecule has 7 nitrogen and oxygen atoms in total. The van der Waals surface area contributed by atoms with E-state index in [1.165, 1.54) is 4.90 Å². The number of rotatable bonds is 10. The van der Waals surface area contributed by atoms with E-state index >= 15 is 0 Å². The number of nitrogens with zero attached hydrogens (tertiary/aromatic N) is 2. The van der Waals surface area contributed by atoms with Gasteiger partial charge in [0, 0.05) is 17.6 Å². The second-order valence-electron chi connectivity index (χ2n) is 8.02. The number of anilines is 1. The molecule has 190 valence electrons. The van der Waals surface area contributed by atoms with Crippen LogP contribution in [0.5, 0.6) is 0 Å². The number of nitrogens with one attached hydrogen (secondary N) is 1. The first-order chi connectivity index (χ1) is 17.1. The summed E-state index contributed by atoms with van der Waals surface area (Å²) in [6.45, 7) is 3.31. The summed E-state index contributed by atoms with van der Waals surface area (Å²) in [6.07, 6.45) is 0. The predicted molar refractivity (Wildman–Crippen MR) is 140 cm³/mol. The fourth-order valence-corrected chi connectivity index (χ4v) is 5.23. The third kappa shape index (κ3) is 6.70. The van der Waals surface area contributed by atoms with Crippen molar-refractivity contribution >= 4 is 43.5 Å². The number of likely N-dealkylation sites (N-methyl/N-ethyl adjacent to an activating group) is 1. The number of hydrogen-bond donors (Lipinski definition) is 1. The Hall–Kier alpha value is -3.24. The molecule has 0 saturated heterocycles. The van der Waals surface area contributed by atoms with Crippen LogP contribution in [0.25, 0.3) is 0 Å². The van der Waals surface area contributed by atoms with Crippen LogP contribution in [0.2, 0.25) is 0 Å². The van der Waals surface area contributed by atoms with Gasteiger partial charge in [0.15, 0.2) is 0 Å². The molecular weight excluding hydrogens is 549 g/mol. The van der Waals surface area contributed by atoms with Crippen molar-refractivity contribution in [1.82, 2.24) is 10.2 Å². The monoisotopic (exact) mass is 575 g/mol. The molecule has 0 aliphatic rings. The molecule has 1 atom stereocenters. The highest BCUT2D eigenvalue weighted by Gasteiger charge is 2.32. The number of hydrogen-bond acceptors (Lipinski definition) is 4. The summed E-state index contributed by atoms with van der Waals surface area (Å²) in [7, 11) is -4.22. The Kier molecular flexibility index (Phi) is 9.22. The molecule has 0 aliphatic heterocycles.